The van der Waals surface area contributed by atoms with Crippen LogP contribution in [0.4, 0.5) is 18.9 Å². The third kappa shape index (κ3) is 4.88. The van der Waals surface area contributed by atoms with Crippen molar-refractivity contribution in [3.05, 3.63) is 82.7 Å². The summed E-state index contributed by atoms with van der Waals surface area (Å²) in [4.78, 5) is 23.8. The summed E-state index contributed by atoms with van der Waals surface area (Å²) in [6.45, 7) is -0.221. The summed E-state index contributed by atoms with van der Waals surface area (Å²) < 4.78 is 39.5. The fraction of sp³-hybridized carbons (Fsp3) is 0.150. The van der Waals surface area contributed by atoms with Gasteiger partial charge in [0.05, 0.1) is 22.4 Å². The van der Waals surface area contributed by atoms with Gasteiger partial charge in [0, 0.05) is 54.7 Å². The van der Waals surface area contributed by atoms with E-state index in [4.69, 9.17) is 11.0 Å². The molecule has 0 aliphatic carbocycles. The third-order valence-electron chi connectivity index (χ3n) is 4.22. The van der Waals surface area contributed by atoms with Crippen molar-refractivity contribution in [2.45, 2.75) is 19.1 Å². The van der Waals surface area contributed by atoms with Gasteiger partial charge in [-0.3, -0.25) is 19.7 Å². The summed E-state index contributed by atoms with van der Waals surface area (Å²) in [5.41, 5.74) is 6.32. The molecule has 0 atom stereocenters. The minimum absolute atomic E-state index is 0.0454. The average Bonchev–Trinajstić information content (AvgIpc) is 2.72. The Kier molecular flexibility index (Phi) is 5.92. The third-order valence-corrected chi connectivity index (χ3v) is 4.22. The van der Waals surface area contributed by atoms with Crippen LogP contribution in [0.3, 0.4) is 0 Å². The summed E-state index contributed by atoms with van der Waals surface area (Å²) in [6.07, 6.45) is 0.626. The van der Waals surface area contributed by atoms with E-state index in [1.54, 1.807) is 12.1 Å². The van der Waals surface area contributed by atoms with E-state index in [-0.39, 0.29) is 23.4 Å². The van der Waals surface area contributed by atoms with Crippen molar-refractivity contribution in [2.24, 2.45) is 5.73 Å². The second-order valence-corrected chi connectivity index (χ2v) is 6.30. The number of hydrogen-bond donors (Lipinski definition) is 2. The van der Waals surface area contributed by atoms with E-state index in [9.17, 15) is 18.0 Å². The van der Waals surface area contributed by atoms with Crippen molar-refractivity contribution in [3.8, 4) is 6.07 Å². The van der Waals surface area contributed by atoms with Gasteiger partial charge in [-0.25, -0.2) is 0 Å². The van der Waals surface area contributed by atoms with Gasteiger partial charge in [-0.1, -0.05) is 0 Å². The molecule has 30 heavy (non-hydrogen) atoms. The van der Waals surface area contributed by atoms with Crippen LogP contribution in [0.5, 0.6) is 0 Å². The van der Waals surface area contributed by atoms with E-state index < -0.39 is 17.6 Å². The molecule has 152 valence electrons. The number of hydrogen-bond acceptors (Lipinski definition) is 6. The molecule has 0 aliphatic heterocycles. The quantitative estimate of drug-likeness (QED) is 0.643. The van der Waals surface area contributed by atoms with Crippen LogP contribution in [0.1, 0.15) is 38.4 Å². The van der Waals surface area contributed by atoms with Crippen LogP contribution in [0.15, 0.2) is 49.1 Å². The molecule has 10 heteroatoms. The molecule has 3 rings (SSSR count). The predicted octanol–water partition coefficient (Wildman–Crippen LogP) is 3.06. The molecule has 0 bridgehead atoms. The van der Waals surface area contributed by atoms with Gasteiger partial charge in [0.25, 0.3) is 5.91 Å². The van der Waals surface area contributed by atoms with Gasteiger partial charge in [-0.05, 0) is 24.3 Å². The molecule has 3 aromatic heterocycles. The Balaban J connectivity index is 1.85. The number of nitriles is 1. The van der Waals surface area contributed by atoms with Gasteiger partial charge < -0.3 is 11.1 Å². The van der Waals surface area contributed by atoms with Gasteiger partial charge in [0.15, 0.2) is 0 Å². The lowest BCUT2D eigenvalue weighted by Gasteiger charge is -2.15. The van der Waals surface area contributed by atoms with E-state index in [2.05, 4.69) is 20.3 Å². The molecule has 1 amide bonds. The number of alkyl halides is 3. The Hall–Kier alpha value is -4.00. The molecule has 0 saturated carbocycles. The van der Waals surface area contributed by atoms with Crippen LogP contribution in [0.25, 0.3) is 0 Å². The smallest absolute Gasteiger partial charge is 0.380 e. The first-order valence-electron chi connectivity index (χ1n) is 8.65. The van der Waals surface area contributed by atoms with Crippen molar-refractivity contribution in [1.29, 1.82) is 5.26 Å². The SMILES string of the molecule is N#Cc1ccc(Cc2cc(NCc3cnccc3C(F)(F)F)c(C(N)=O)cn2)nc1. The first-order valence-corrected chi connectivity index (χ1v) is 8.65. The minimum Gasteiger partial charge on any atom is -0.380 e. The maximum atomic E-state index is 13.2. The van der Waals surface area contributed by atoms with E-state index in [1.807, 2.05) is 6.07 Å². The largest absolute Gasteiger partial charge is 0.416 e. The fourth-order valence-electron chi connectivity index (χ4n) is 2.75. The zero-order chi connectivity index (χ0) is 21.7. The summed E-state index contributed by atoms with van der Waals surface area (Å²) in [7, 11) is 0. The van der Waals surface area contributed by atoms with Gasteiger partial charge in [-0.15, -0.1) is 0 Å². The van der Waals surface area contributed by atoms with Gasteiger partial charge in [0.2, 0.25) is 0 Å². The van der Waals surface area contributed by atoms with Crippen molar-refractivity contribution < 1.29 is 18.0 Å². The first-order chi connectivity index (χ1) is 14.3. The highest BCUT2D eigenvalue weighted by molar-refractivity contribution is 5.98. The standard InChI is InChI=1S/C20H15F3N6O/c21-20(22,23)17-3-4-26-9-13(17)10-29-18-6-15(28-11-16(18)19(25)30)5-14-2-1-12(7-24)8-27-14/h1-4,6,8-9,11H,5,10H2,(H2,25,30)(H,28,29). The molecule has 0 spiro atoms. The summed E-state index contributed by atoms with van der Waals surface area (Å²) in [6, 6.07) is 7.67. The molecule has 3 N–H and O–H groups in total. The van der Waals surface area contributed by atoms with Crippen molar-refractivity contribution >= 4 is 11.6 Å². The number of rotatable bonds is 6. The molecule has 0 aromatic carbocycles. The molecular weight excluding hydrogens is 397 g/mol. The highest BCUT2D eigenvalue weighted by Gasteiger charge is 2.33. The van der Waals surface area contributed by atoms with E-state index in [0.29, 0.717) is 23.4 Å². The lowest BCUT2D eigenvalue weighted by atomic mass is 10.1. The number of aromatic nitrogens is 3. The van der Waals surface area contributed by atoms with Crippen LogP contribution in [0, 0.1) is 11.3 Å². The number of nitrogens with two attached hydrogens (primary N) is 1. The van der Waals surface area contributed by atoms with Crippen LogP contribution < -0.4 is 11.1 Å². The highest BCUT2D eigenvalue weighted by Crippen LogP contribution is 2.32. The molecule has 7 nitrogen and oxygen atoms in total. The number of anilines is 1. The molecule has 0 unspecified atom stereocenters. The number of halogens is 3. The molecule has 3 heterocycles. The van der Waals surface area contributed by atoms with E-state index in [1.165, 1.54) is 18.5 Å². The number of carbonyl (C=O) groups excluding carboxylic acids is 1. The Morgan fingerprint density at radius 3 is 2.53 bits per heavy atom. The molecule has 0 saturated heterocycles. The molecule has 0 fully saturated rings. The maximum Gasteiger partial charge on any atom is 0.416 e. The van der Waals surface area contributed by atoms with Crippen molar-refractivity contribution in [2.75, 3.05) is 5.32 Å². The Morgan fingerprint density at radius 1 is 1.13 bits per heavy atom. The van der Waals surface area contributed by atoms with E-state index in [0.717, 1.165) is 18.5 Å². The first kappa shape index (κ1) is 20.7. The molecule has 3 aromatic rings. The highest BCUT2D eigenvalue weighted by atomic mass is 19.4. The average molecular weight is 412 g/mol. The maximum absolute atomic E-state index is 13.2. The lowest BCUT2D eigenvalue weighted by Crippen LogP contribution is -2.17. The Morgan fingerprint density at radius 2 is 1.90 bits per heavy atom. The number of carbonyl (C=O) groups is 1. The normalized spacial score (nSPS) is 11.0. The number of primary amides is 1. The lowest BCUT2D eigenvalue weighted by molar-refractivity contribution is -0.138. The zero-order valence-corrected chi connectivity index (χ0v) is 15.4. The summed E-state index contributed by atoms with van der Waals surface area (Å²) >= 11 is 0. The summed E-state index contributed by atoms with van der Waals surface area (Å²) in [5, 5.41) is 11.7. The number of nitrogens with zero attached hydrogens (tertiary/aromatic N) is 4. The van der Waals surface area contributed by atoms with E-state index >= 15 is 0 Å². The molecule has 0 radical (unpaired) electrons. The number of amides is 1. The van der Waals surface area contributed by atoms with Crippen LogP contribution >= 0.6 is 0 Å². The van der Waals surface area contributed by atoms with Gasteiger partial charge in [0.1, 0.15) is 6.07 Å². The van der Waals surface area contributed by atoms with Crippen molar-refractivity contribution in [3.63, 3.8) is 0 Å². The fourth-order valence-corrected chi connectivity index (χ4v) is 2.75. The van der Waals surface area contributed by atoms with Crippen LogP contribution in [0.2, 0.25) is 0 Å². The minimum atomic E-state index is -4.53. The molecule has 0 aliphatic rings. The van der Waals surface area contributed by atoms with Gasteiger partial charge in [-0.2, -0.15) is 18.4 Å². The second kappa shape index (κ2) is 8.57. The summed E-state index contributed by atoms with van der Waals surface area (Å²) in [5.74, 6) is -0.768. The van der Waals surface area contributed by atoms with Crippen LogP contribution in [-0.2, 0) is 19.1 Å². The Bertz CT molecular complexity index is 1110. The number of pyridine rings is 3. The predicted molar refractivity (Wildman–Crippen MR) is 101 cm³/mol. The molecular formula is C20H15F3N6O. The van der Waals surface area contributed by atoms with Crippen LogP contribution in [-0.4, -0.2) is 20.9 Å². The zero-order valence-electron chi connectivity index (χ0n) is 15.4. The topological polar surface area (TPSA) is 118 Å². The van der Waals surface area contributed by atoms with Gasteiger partial charge >= 0.3 is 6.18 Å². The van der Waals surface area contributed by atoms with Crippen molar-refractivity contribution in [1.82, 2.24) is 15.0 Å². The number of nitrogens with one attached hydrogen (secondary N) is 1. The monoisotopic (exact) mass is 412 g/mol. The second-order valence-electron chi connectivity index (χ2n) is 6.30. The Labute approximate surface area is 169 Å².